The lowest BCUT2D eigenvalue weighted by Crippen LogP contribution is -2.42. The summed E-state index contributed by atoms with van der Waals surface area (Å²) >= 11 is 0. The predicted octanol–water partition coefficient (Wildman–Crippen LogP) is 3.45. The summed E-state index contributed by atoms with van der Waals surface area (Å²) in [7, 11) is 1.83. The highest BCUT2D eigenvalue weighted by Crippen LogP contribution is 2.31. The van der Waals surface area contributed by atoms with Crippen molar-refractivity contribution in [2.24, 2.45) is 5.92 Å². The Morgan fingerprint density at radius 2 is 1.79 bits per heavy atom. The lowest BCUT2D eigenvalue weighted by atomic mass is 9.93. The van der Waals surface area contributed by atoms with Crippen molar-refractivity contribution in [3.63, 3.8) is 0 Å². The maximum absolute atomic E-state index is 12.7. The molecule has 0 bridgehead atoms. The molecule has 0 spiro atoms. The average molecular weight is 405 g/mol. The first kappa shape index (κ1) is 21.3. The van der Waals surface area contributed by atoms with Crippen LogP contribution in [0.4, 0.5) is 4.79 Å². The molecule has 7 nitrogen and oxygen atoms in total. The van der Waals surface area contributed by atoms with Crippen molar-refractivity contribution in [1.29, 1.82) is 0 Å². The molecule has 2 heterocycles. The Morgan fingerprint density at radius 1 is 1.14 bits per heavy atom. The van der Waals surface area contributed by atoms with Crippen LogP contribution in [0.25, 0.3) is 0 Å². The molecule has 1 fully saturated rings. The van der Waals surface area contributed by atoms with Crippen LogP contribution in [0.2, 0.25) is 0 Å². The summed E-state index contributed by atoms with van der Waals surface area (Å²) in [5.41, 5.74) is 0.533. The van der Waals surface area contributed by atoms with Gasteiger partial charge < -0.3 is 24.0 Å². The molecule has 1 aromatic rings. The van der Waals surface area contributed by atoms with Crippen molar-refractivity contribution >= 4 is 12.0 Å². The number of likely N-dealkylation sites (tertiary alicyclic amines) is 1. The van der Waals surface area contributed by atoms with Crippen LogP contribution in [0.15, 0.2) is 18.2 Å². The Balaban J connectivity index is 1.45. The van der Waals surface area contributed by atoms with E-state index in [1.807, 2.05) is 46.0 Å². The zero-order chi connectivity index (χ0) is 21.0. The van der Waals surface area contributed by atoms with Crippen LogP contribution in [0.3, 0.4) is 0 Å². The summed E-state index contributed by atoms with van der Waals surface area (Å²) in [5, 5.41) is 0. The van der Waals surface area contributed by atoms with Crippen molar-refractivity contribution in [3.8, 4) is 11.5 Å². The second-order valence-electron chi connectivity index (χ2n) is 8.84. The highest BCUT2D eigenvalue weighted by atomic mass is 16.6. The second-order valence-corrected chi connectivity index (χ2v) is 8.84. The number of hydrogen-bond acceptors (Lipinski definition) is 5. The number of nitrogens with zero attached hydrogens (tertiary/aromatic N) is 2. The minimum Gasteiger partial charge on any atom is -0.486 e. The maximum Gasteiger partial charge on any atom is 0.410 e. The molecule has 0 atom stereocenters. The standard InChI is InChI=1S/C22H32N2O5/c1-22(2,3)29-21(26)24-9-7-16(8-10-24)14-20(25)23(4)15-17-5-6-18-19(13-17)28-12-11-27-18/h5-6,13,16H,7-12,14-15H2,1-4H3. The van der Waals surface area contributed by atoms with Crippen LogP contribution < -0.4 is 9.47 Å². The SMILES string of the molecule is CN(Cc1ccc2c(c1)OCCO2)C(=O)CC1CCN(C(=O)OC(C)(C)C)CC1. The first-order valence-corrected chi connectivity index (χ1v) is 10.3. The normalized spacial score (nSPS) is 17.0. The fourth-order valence-electron chi connectivity index (χ4n) is 3.60. The molecule has 2 aliphatic rings. The minimum absolute atomic E-state index is 0.121. The minimum atomic E-state index is -0.486. The van der Waals surface area contributed by atoms with Crippen molar-refractivity contribution < 1.29 is 23.8 Å². The average Bonchev–Trinajstić information content (AvgIpc) is 2.67. The summed E-state index contributed by atoms with van der Waals surface area (Å²) in [4.78, 5) is 28.3. The Morgan fingerprint density at radius 3 is 2.45 bits per heavy atom. The fraction of sp³-hybridized carbons (Fsp3) is 0.636. The van der Waals surface area contributed by atoms with Crippen molar-refractivity contribution in [2.45, 2.75) is 52.2 Å². The van der Waals surface area contributed by atoms with E-state index in [-0.39, 0.29) is 12.0 Å². The van der Waals surface area contributed by atoms with E-state index in [0.29, 0.717) is 45.2 Å². The number of amides is 2. The van der Waals surface area contributed by atoms with E-state index in [9.17, 15) is 9.59 Å². The zero-order valence-corrected chi connectivity index (χ0v) is 17.9. The van der Waals surface area contributed by atoms with Crippen molar-refractivity contribution in [1.82, 2.24) is 9.80 Å². The highest BCUT2D eigenvalue weighted by Gasteiger charge is 2.28. The third-order valence-corrected chi connectivity index (χ3v) is 5.18. The first-order valence-electron chi connectivity index (χ1n) is 10.3. The molecule has 0 saturated carbocycles. The zero-order valence-electron chi connectivity index (χ0n) is 17.9. The molecule has 2 aliphatic heterocycles. The van der Waals surface area contributed by atoms with Gasteiger partial charge in [-0.25, -0.2) is 4.79 Å². The summed E-state index contributed by atoms with van der Waals surface area (Å²) in [6.45, 7) is 8.53. The highest BCUT2D eigenvalue weighted by molar-refractivity contribution is 5.76. The number of ether oxygens (including phenoxy) is 3. The molecule has 2 amide bonds. The van der Waals surface area contributed by atoms with Crippen molar-refractivity contribution in [2.75, 3.05) is 33.4 Å². The molecule has 3 rings (SSSR count). The molecule has 0 aromatic heterocycles. The largest absolute Gasteiger partial charge is 0.486 e. The molecular weight excluding hydrogens is 372 g/mol. The van der Waals surface area contributed by atoms with Crippen molar-refractivity contribution in [3.05, 3.63) is 23.8 Å². The van der Waals surface area contributed by atoms with Gasteiger partial charge in [-0.05, 0) is 57.2 Å². The lowest BCUT2D eigenvalue weighted by molar-refractivity contribution is -0.131. The van der Waals surface area contributed by atoms with Crippen LogP contribution in [-0.4, -0.2) is 60.8 Å². The number of carbonyl (C=O) groups is 2. The molecular formula is C22H32N2O5. The van der Waals surface area contributed by atoms with Gasteiger partial charge in [-0.3, -0.25) is 4.79 Å². The van der Waals surface area contributed by atoms with Crippen LogP contribution in [0.1, 0.15) is 45.6 Å². The van der Waals surface area contributed by atoms with E-state index in [1.165, 1.54) is 0 Å². The summed E-state index contributed by atoms with van der Waals surface area (Å²) in [5.74, 6) is 1.91. The van der Waals surface area contributed by atoms with Gasteiger partial charge in [0, 0.05) is 33.1 Å². The van der Waals surface area contributed by atoms with Crippen LogP contribution in [0, 0.1) is 5.92 Å². The van der Waals surface area contributed by atoms with Gasteiger partial charge in [0.05, 0.1) is 0 Å². The van der Waals surface area contributed by atoms with Gasteiger partial charge in [-0.1, -0.05) is 6.07 Å². The molecule has 1 saturated heterocycles. The van der Waals surface area contributed by atoms with Crippen LogP contribution in [-0.2, 0) is 16.1 Å². The second kappa shape index (κ2) is 8.93. The lowest BCUT2D eigenvalue weighted by Gasteiger charge is -2.33. The van der Waals surface area contributed by atoms with Crippen LogP contribution >= 0.6 is 0 Å². The number of fused-ring (bicyclic) bond motifs is 1. The van der Waals surface area contributed by atoms with Gasteiger partial charge >= 0.3 is 6.09 Å². The Labute approximate surface area is 172 Å². The van der Waals surface area contributed by atoms with Gasteiger partial charge in [-0.2, -0.15) is 0 Å². The maximum atomic E-state index is 12.7. The molecule has 160 valence electrons. The number of carbonyl (C=O) groups excluding carboxylic acids is 2. The first-order chi connectivity index (χ1) is 13.7. The molecule has 0 N–H and O–H groups in total. The smallest absolute Gasteiger partial charge is 0.410 e. The number of hydrogen-bond donors (Lipinski definition) is 0. The number of benzene rings is 1. The van der Waals surface area contributed by atoms with E-state index in [1.54, 1.807) is 9.80 Å². The quantitative estimate of drug-likeness (QED) is 0.769. The van der Waals surface area contributed by atoms with E-state index in [0.717, 1.165) is 29.9 Å². The van der Waals surface area contributed by atoms with E-state index < -0.39 is 5.60 Å². The van der Waals surface area contributed by atoms with Gasteiger partial charge in [0.15, 0.2) is 11.5 Å². The Hall–Kier alpha value is -2.44. The summed E-state index contributed by atoms with van der Waals surface area (Å²) in [6.07, 6.45) is 1.88. The van der Waals surface area contributed by atoms with E-state index in [2.05, 4.69) is 0 Å². The number of piperidine rings is 1. The Bertz CT molecular complexity index is 735. The van der Waals surface area contributed by atoms with E-state index in [4.69, 9.17) is 14.2 Å². The van der Waals surface area contributed by atoms with Gasteiger partial charge in [0.2, 0.25) is 5.91 Å². The summed E-state index contributed by atoms with van der Waals surface area (Å²) < 4.78 is 16.6. The fourth-order valence-corrected chi connectivity index (χ4v) is 3.60. The molecule has 1 aromatic carbocycles. The summed E-state index contributed by atoms with van der Waals surface area (Å²) in [6, 6.07) is 5.81. The van der Waals surface area contributed by atoms with Crippen LogP contribution in [0.5, 0.6) is 11.5 Å². The molecule has 0 aliphatic carbocycles. The topological polar surface area (TPSA) is 68.3 Å². The van der Waals surface area contributed by atoms with Gasteiger partial charge in [0.1, 0.15) is 18.8 Å². The van der Waals surface area contributed by atoms with Gasteiger partial charge in [-0.15, -0.1) is 0 Å². The Kier molecular flexibility index (Phi) is 6.55. The number of rotatable bonds is 4. The molecule has 29 heavy (non-hydrogen) atoms. The van der Waals surface area contributed by atoms with E-state index >= 15 is 0 Å². The third kappa shape index (κ3) is 6.02. The van der Waals surface area contributed by atoms with Gasteiger partial charge in [0.25, 0.3) is 0 Å². The molecule has 0 radical (unpaired) electrons. The molecule has 7 heteroatoms. The monoisotopic (exact) mass is 404 g/mol. The predicted molar refractivity (Wildman–Crippen MR) is 109 cm³/mol. The molecule has 0 unspecified atom stereocenters. The third-order valence-electron chi connectivity index (χ3n) is 5.18.